The van der Waals surface area contributed by atoms with Gasteiger partial charge in [0.15, 0.2) is 0 Å². The molecule has 6 heteroatoms. The van der Waals surface area contributed by atoms with E-state index in [0.29, 0.717) is 0 Å². The predicted octanol–water partition coefficient (Wildman–Crippen LogP) is 2.34. The van der Waals surface area contributed by atoms with Crippen molar-refractivity contribution >= 4 is 37.3 Å². The Morgan fingerprint density at radius 2 is 1.53 bits per heavy atom. The van der Waals surface area contributed by atoms with Crippen molar-refractivity contribution in [2.75, 3.05) is 0 Å². The standard InChI is InChI=1S/C19H21Si.C11H14OSi.2ClH.Zr/c1-14-12-16-6-5-7-18(19(16)13-14)15-8-10-17(11-9-15)20(2,3)4;1-6-5-8-9(12-6)11-7(2)10(8)13(11,3)4;;;/h5-13H,1-4H3;5,10H,1-4H3;2*1H;/q-1;;;;+3/p-2. The Morgan fingerprint density at radius 1 is 0.889 bits per heavy atom. The summed E-state index contributed by atoms with van der Waals surface area (Å²) in [7, 11) is -2.31. The maximum atomic E-state index is 5.76. The van der Waals surface area contributed by atoms with E-state index in [2.05, 4.69) is 107 Å². The SMILES string of the molecule is CC1=C2c3oc(C)cc3C1[Si]2(C)C.Cc1cc2c(-c3ccc([Si](C)(C)C)cc3)cccc2[cH-]1.[Cl-].[Cl-].[Zr+3]. The molecule has 0 saturated heterocycles. The first kappa shape index (κ1) is 31.2. The molecule has 1 radical (unpaired) electrons. The number of furan rings is 1. The van der Waals surface area contributed by atoms with Crippen molar-refractivity contribution < 1.29 is 55.4 Å². The van der Waals surface area contributed by atoms with Crippen molar-refractivity contribution in [1.82, 2.24) is 0 Å². The van der Waals surface area contributed by atoms with Crippen LogP contribution in [0.15, 0.2) is 70.7 Å². The van der Waals surface area contributed by atoms with Gasteiger partial charge in [0.05, 0.1) is 16.1 Å². The van der Waals surface area contributed by atoms with Crippen LogP contribution in [0, 0.1) is 13.8 Å². The van der Waals surface area contributed by atoms with Gasteiger partial charge in [0, 0.05) is 11.1 Å². The van der Waals surface area contributed by atoms with Crippen LogP contribution in [0.25, 0.3) is 27.1 Å². The van der Waals surface area contributed by atoms with Crippen LogP contribution < -0.4 is 30.0 Å². The monoisotopic (exact) mass is 627 g/mol. The van der Waals surface area contributed by atoms with Crippen molar-refractivity contribution in [2.45, 2.75) is 59.0 Å². The van der Waals surface area contributed by atoms with Gasteiger partial charge in [-0.25, -0.2) is 0 Å². The predicted molar refractivity (Wildman–Crippen MR) is 149 cm³/mol. The first-order valence-corrected chi connectivity index (χ1v) is 18.6. The van der Waals surface area contributed by atoms with E-state index >= 15 is 0 Å². The number of fused-ring (bicyclic) bond motifs is 1. The third-order valence-electron chi connectivity index (χ3n) is 7.57. The summed E-state index contributed by atoms with van der Waals surface area (Å²) in [4.78, 5) is 0. The fraction of sp³-hybridized carbons (Fsp3) is 0.300. The normalized spacial score (nSPS) is 16.6. The van der Waals surface area contributed by atoms with Gasteiger partial charge >= 0.3 is 26.2 Å². The molecule has 0 N–H and O–H groups in total. The summed E-state index contributed by atoms with van der Waals surface area (Å²) in [6.07, 6.45) is 0. The Bertz CT molecular complexity index is 1410. The molecule has 0 fully saturated rings. The van der Waals surface area contributed by atoms with Gasteiger partial charge < -0.3 is 29.2 Å². The summed E-state index contributed by atoms with van der Waals surface area (Å²) in [6, 6.07) is 22.6. The fourth-order valence-electron chi connectivity index (χ4n) is 6.08. The molecule has 3 heterocycles. The second-order valence-electron chi connectivity index (χ2n) is 11.5. The maximum Gasteiger partial charge on any atom is 3.00 e. The summed E-state index contributed by atoms with van der Waals surface area (Å²) in [5, 5.41) is 5.83. The van der Waals surface area contributed by atoms with E-state index < -0.39 is 16.1 Å². The minimum atomic E-state index is -1.21. The van der Waals surface area contributed by atoms with Crippen molar-refractivity contribution in [3.8, 4) is 11.1 Å². The third-order valence-corrected chi connectivity index (χ3v) is 13.7. The number of halogens is 2. The molecule has 36 heavy (non-hydrogen) atoms. The molecule has 2 aliphatic heterocycles. The Balaban J connectivity index is 0.000000250. The minimum absolute atomic E-state index is 0. The second kappa shape index (κ2) is 11.0. The molecule has 0 saturated carbocycles. The molecule has 3 aromatic carbocycles. The molecule has 2 bridgehead atoms. The molecule has 1 unspecified atom stereocenters. The van der Waals surface area contributed by atoms with Crippen LogP contribution in [0.3, 0.4) is 0 Å². The van der Waals surface area contributed by atoms with Crippen LogP contribution in [0.1, 0.15) is 35.1 Å². The molecular formula is C30H35Cl2OSi2Zr. The van der Waals surface area contributed by atoms with Gasteiger partial charge in [-0.15, -0.1) is 34.5 Å². The minimum Gasteiger partial charge on any atom is -1.00 e. The first-order valence-electron chi connectivity index (χ1n) is 12.1. The number of benzene rings is 2. The van der Waals surface area contributed by atoms with Crippen LogP contribution in [0.4, 0.5) is 0 Å². The van der Waals surface area contributed by atoms with Crippen LogP contribution >= 0.6 is 0 Å². The summed E-state index contributed by atoms with van der Waals surface area (Å²) >= 11 is 0. The van der Waals surface area contributed by atoms with Gasteiger partial charge in [-0.2, -0.15) is 6.07 Å². The average molecular weight is 630 g/mol. The van der Waals surface area contributed by atoms with E-state index in [-0.39, 0.29) is 51.0 Å². The molecule has 1 atom stereocenters. The molecular weight excluding hydrogens is 595 g/mol. The summed E-state index contributed by atoms with van der Waals surface area (Å²) in [5.74, 6) is 2.31. The molecule has 1 aliphatic carbocycles. The zero-order valence-corrected chi connectivity index (χ0v) is 28.5. The van der Waals surface area contributed by atoms with Crippen molar-refractivity contribution in [2.24, 2.45) is 0 Å². The molecule has 187 valence electrons. The van der Waals surface area contributed by atoms with E-state index in [9.17, 15) is 0 Å². The van der Waals surface area contributed by atoms with Crippen molar-refractivity contribution in [1.29, 1.82) is 0 Å². The summed E-state index contributed by atoms with van der Waals surface area (Å²) in [6.45, 7) is 18.6. The van der Waals surface area contributed by atoms with Crippen LogP contribution in [0.2, 0.25) is 32.7 Å². The van der Waals surface area contributed by atoms with Crippen molar-refractivity contribution in [3.05, 3.63) is 88.9 Å². The first-order chi connectivity index (χ1) is 15.5. The van der Waals surface area contributed by atoms with E-state index in [4.69, 9.17) is 4.42 Å². The van der Waals surface area contributed by atoms with Crippen LogP contribution in [0.5, 0.6) is 0 Å². The largest absolute Gasteiger partial charge is 3.00 e. The smallest absolute Gasteiger partial charge is 1.00 e. The number of hydrogen-bond acceptors (Lipinski definition) is 1. The Labute approximate surface area is 250 Å². The number of hydrogen-bond donors (Lipinski definition) is 0. The molecule has 1 aromatic heterocycles. The number of aryl methyl sites for hydroxylation is 2. The summed E-state index contributed by atoms with van der Waals surface area (Å²) in [5.41, 5.74) is 7.86. The van der Waals surface area contributed by atoms with Gasteiger partial charge in [-0.05, 0) is 30.7 Å². The van der Waals surface area contributed by atoms with Crippen LogP contribution in [-0.2, 0) is 26.2 Å². The Morgan fingerprint density at radius 3 is 2.08 bits per heavy atom. The average Bonchev–Trinajstić information content (AvgIpc) is 3.41. The fourth-order valence-corrected chi connectivity index (χ4v) is 11.5. The number of rotatable bonds is 2. The quantitative estimate of drug-likeness (QED) is 0.245. The van der Waals surface area contributed by atoms with Gasteiger partial charge in [0.2, 0.25) is 0 Å². The zero-order valence-electron chi connectivity index (χ0n) is 22.5. The Hall–Kier alpha value is -1.03. The molecule has 0 amide bonds. The van der Waals surface area contributed by atoms with Crippen molar-refractivity contribution in [3.63, 3.8) is 0 Å². The maximum absolute atomic E-state index is 5.76. The third kappa shape index (κ3) is 5.14. The summed E-state index contributed by atoms with van der Waals surface area (Å²) < 4.78 is 5.76. The second-order valence-corrected chi connectivity index (χ2v) is 21.1. The molecule has 0 spiro atoms. The topological polar surface area (TPSA) is 13.1 Å². The molecule has 4 aromatic rings. The van der Waals surface area contributed by atoms with E-state index in [1.165, 1.54) is 44.0 Å². The molecule has 3 aliphatic rings. The van der Waals surface area contributed by atoms with E-state index in [0.717, 1.165) is 11.3 Å². The Kier molecular flexibility index (Phi) is 9.52. The van der Waals surface area contributed by atoms with Gasteiger partial charge in [0.25, 0.3) is 0 Å². The number of allylic oxidation sites excluding steroid dienone is 1. The van der Waals surface area contributed by atoms with Gasteiger partial charge in [0.1, 0.15) is 11.5 Å². The van der Waals surface area contributed by atoms with E-state index in [1.54, 1.807) is 10.8 Å². The molecule has 7 rings (SSSR count). The van der Waals surface area contributed by atoms with E-state index in [1.807, 2.05) is 6.92 Å². The zero-order chi connectivity index (χ0) is 23.7. The molecule has 1 nitrogen and oxygen atoms in total. The van der Waals surface area contributed by atoms with Crippen LogP contribution in [-0.4, -0.2) is 16.1 Å². The van der Waals surface area contributed by atoms with Gasteiger partial charge in [-0.3, -0.25) is 0 Å². The van der Waals surface area contributed by atoms with Gasteiger partial charge in [-0.1, -0.05) is 86.3 Å².